The molecule has 3 heteroatoms. The van der Waals surface area contributed by atoms with E-state index >= 15 is 0 Å². The molecule has 2 fully saturated rings. The zero-order valence-corrected chi connectivity index (χ0v) is 11.8. The maximum atomic E-state index is 12.3. The fraction of sp³-hybridized carbons (Fsp3) is 0.867. The number of aliphatic carboxylic acids is 1. The van der Waals surface area contributed by atoms with Gasteiger partial charge in [-0.1, -0.05) is 20.8 Å². The lowest BCUT2D eigenvalue weighted by Crippen LogP contribution is -2.44. The Morgan fingerprint density at radius 1 is 1.28 bits per heavy atom. The molecule has 0 aliphatic heterocycles. The molecule has 18 heavy (non-hydrogen) atoms. The molecule has 0 amide bonds. The molecule has 0 aromatic heterocycles. The van der Waals surface area contributed by atoms with E-state index in [1.54, 1.807) is 6.92 Å². The van der Waals surface area contributed by atoms with Crippen molar-refractivity contribution in [1.29, 1.82) is 0 Å². The van der Waals surface area contributed by atoms with E-state index in [0.29, 0.717) is 11.8 Å². The normalized spacial score (nSPS) is 41.7. The van der Waals surface area contributed by atoms with E-state index in [1.165, 1.54) is 0 Å². The molecular formula is C15H24O3. The SMILES string of the molecule is CC(=O)[C@@]12CC(C)(C)[C@@H](CC[C@@H]1C)[C@@H]2CC(=O)O. The predicted octanol–water partition coefficient (Wildman–Crippen LogP) is 3.13. The molecule has 0 aromatic rings. The molecule has 3 nitrogen and oxygen atoms in total. The molecule has 0 saturated heterocycles. The molecule has 2 aliphatic rings. The second-order valence-corrected chi connectivity index (χ2v) is 7.05. The van der Waals surface area contributed by atoms with Gasteiger partial charge in [0.05, 0.1) is 0 Å². The van der Waals surface area contributed by atoms with Crippen molar-refractivity contribution in [1.82, 2.24) is 0 Å². The highest BCUT2D eigenvalue weighted by Crippen LogP contribution is 2.66. The van der Waals surface area contributed by atoms with Gasteiger partial charge in [0.15, 0.2) is 0 Å². The maximum absolute atomic E-state index is 12.3. The number of carbonyl (C=O) groups excluding carboxylic acids is 1. The number of ketones is 1. The molecule has 2 aliphatic carbocycles. The number of carboxylic acid groups (broad SMARTS) is 1. The van der Waals surface area contributed by atoms with Gasteiger partial charge in [0.1, 0.15) is 5.78 Å². The molecule has 2 bridgehead atoms. The average molecular weight is 252 g/mol. The van der Waals surface area contributed by atoms with Crippen LogP contribution in [0.15, 0.2) is 0 Å². The summed E-state index contributed by atoms with van der Waals surface area (Å²) in [6.45, 7) is 8.20. The first-order valence-electron chi connectivity index (χ1n) is 6.94. The van der Waals surface area contributed by atoms with Gasteiger partial charge in [-0.3, -0.25) is 9.59 Å². The Bertz CT molecular complexity index is 385. The Labute approximate surface area is 109 Å². The van der Waals surface area contributed by atoms with Gasteiger partial charge < -0.3 is 5.11 Å². The van der Waals surface area contributed by atoms with Crippen molar-refractivity contribution >= 4 is 11.8 Å². The van der Waals surface area contributed by atoms with Gasteiger partial charge >= 0.3 is 5.97 Å². The number of Topliss-reactive ketones (excluding diaryl/α,β-unsaturated/α-hetero) is 1. The first-order chi connectivity index (χ1) is 8.21. The van der Waals surface area contributed by atoms with Gasteiger partial charge in [0.2, 0.25) is 0 Å². The van der Waals surface area contributed by atoms with Crippen LogP contribution in [0, 0.1) is 28.6 Å². The van der Waals surface area contributed by atoms with Crippen molar-refractivity contribution < 1.29 is 14.7 Å². The topological polar surface area (TPSA) is 54.4 Å². The van der Waals surface area contributed by atoms with E-state index in [2.05, 4.69) is 20.8 Å². The standard InChI is InChI=1S/C15H24O3/c1-9-5-6-11-12(7-13(17)18)15(9,10(2)16)8-14(11,3)4/h9,11-12H,5-8H2,1-4H3,(H,17,18)/t9-,11-,12-,15+/m0/s1. The van der Waals surface area contributed by atoms with E-state index in [9.17, 15) is 14.7 Å². The van der Waals surface area contributed by atoms with Crippen LogP contribution in [0.25, 0.3) is 0 Å². The Hall–Kier alpha value is -0.860. The zero-order chi connectivity index (χ0) is 13.7. The van der Waals surface area contributed by atoms with Crippen LogP contribution in [0.1, 0.15) is 53.4 Å². The number of hydrogen-bond acceptors (Lipinski definition) is 2. The number of carboxylic acids is 1. The van der Waals surface area contributed by atoms with Gasteiger partial charge in [-0.15, -0.1) is 0 Å². The third kappa shape index (κ3) is 1.70. The second-order valence-electron chi connectivity index (χ2n) is 7.05. The quantitative estimate of drug-likeness (QED) is 0.839. The average Bonchev–Trinajstić information content (AvgIpc) is 2.36. The van der Waals surface area contributed by atoms with Gasteiger partial charge in [0, 0.05) is 11.8 Å². The molecule has 0 aromatic carbocycles. The Morgan fingerprint density at radius 2 is 1.89 bits per heavy atom. The molecular weight excluding hydrogens is 228 g/mol. The largest absolute Gasteiger partial charge is 0.481 e. The molecule has 4 atom stereocenters. The molecule has 0 radical (unpaired) electrons. The lowest BCUT2D eigenvalue weighted by atomic mass is 9.59. The minimum atomic E-state index is -0.762. The summed E-state index contributed by atoms with van der Waals surface area (Å²) in [4.78, 5) is 23.4. The van der Waals surface area contributed by atoms with Crippen molar-refractivity contribution in [3.63, 3.8) is 0 Å². The minimum Gasteiger partial charge on any atom is -0.481 e. The van der Waals surface area contributed by atoms with E-state index in [1.807, 2.05) is 0 Å². The zero-order valence-electron chi connectivity index (χ0n) is 11.8. The third-order valence-electron chi connectivity index (χ3n) is 5.74. The van der Waals surface area contributed by atoms with E-state index in [4.69, 9.17) is 0 Å². The van der Waals surface area contributed by atoms with Gasteiger partial charge in [-0.25, -0.2) is 0 Å². The van der Waals surface area contributed by atoms with Gasteiger partial charge in [0.25, 0.3) is 0 Å². The molecule has 0 unspecified atom stereocenters. The lowest BCUT2D eigenvalue weighted by molar-refractivity contribution is -0.144. The van der Waals surface area contributed by atoms with Crippen molar-refractivity contribution in [2.24, 2.45) is 28.6 Å². The van der Waals surface area contributed by atoms with Crippen LogP contribution in [0.3, 0.4) is 0 Å². The van der Waals surface area contributed by atoms with E-state index < -0.39 is 5.97 Å². The van der Waals surface area contributed by atoms with E-state index in [0.717, 1.165) is 19.3 Å². The number of carbonyl (C=O) groups is 2. The van der Waals surface area contributed by atoms with Crippen LogP contribution < -0.4 is 0 Å². The Kier molecular flexibility index (Phi) is 3.07. The summed E-state index contributed by atoms with van der Waals surface area (Å²) >= 11 is 0. The van der Waals surface area contributed by atoms with E-state index in [-0.39, 0.29) is 29.0 Å². The summed E-state index contributed by atoms with van der Waals surface area (Å²) in [5.41, 5.74) is -0.290. The fourth-order valence-corrected chi connectivity index (χ4v) is 4.98. The predicted molar refractivity (Wildman–Crippen MR) is 69.1 cm³/mol. The van der Waals surface area contributed by atoms with Crippen molar-refractivity contribution in [2.75, 3.05) is 0 Å². The second kappa shape index (κ2) is 4.07. The van der Waals surface area contributed by atoms with Crippen LogP contribution in [0.4, 0.5) is 0 Å². The first-order valence-corrected chi connectivity index (χ1v) is 6.94. The van der Waals surface area contributed by atoms with Gasteiger partial charge in [-0.05, 0) is 49.4 Å². The van der Waals surface area contributed by atoms with Crippen LogP contribution >= 0.6 is 0 Å². The smallest absolute Gasteiger partial charge is 0.303 e. The van der Waals surface area contributed by atoms with Crippen molar-refractivity contribution in [2.45, 2.75) is 53.4 Å². The fourth-order valence-electron chi connectivity index (χ4n) is 4.98. The lowest BCUT2D eigenvalue weighted by Gasteiger charge is -2.44. The minimum absolute atomic E-state index is 0.0336. The van der Waals surface area contributed by atoms with Crippen molar-refractivity contribution in [3.8, 4) is 0 Å². The summed E-state index contributed by atoms with van der Waals surface area (Å²) in [5.74, 6) is 0.177. The van der Waals surface area contributed by atoms with Gasteiger partial charge in [-0.2, -0.15) is 0 Å². The molecule has 2 rings (SSSR count). The van der Waals surface area contributed by atoms with Crippen LogP contribution in [-0.2, 0) is 9.59 Å². The molecule has 0 heterocycles. The number of rotatable bonds is 3. The van der Waals surface area contributed by atoms with Crippen molar-refractivity contribution in [3.05, 3.63) is 0 Å². The summed E-state index contributed by atoms with van der Waals surface area (Å²) in [7, 11) is 0. The summed E-state index contributed by atoms with van der Waals surface area (Å²) in [5, 5.41) is 9.17. The summed E-state index contributed by atoms with van der Waals surface area (Å²) in [6, 6.07) is 0. The summed E-state index contributed by atoms with van der Waals surface area (Å²) in [6.07, 6.45) is 3.14. The summed E-state index contributed by atoms with van der Waals surface area (Å²) < 4.78 is 0. The maximum Gasteiger partial charge on any atom is 0.303 e. The molecule has 2 saturated carbocycles. The van der Waals surface area contributed by atoms with Crippen LogP contribution in [0.5, 0.6) is 0 Å². The third-order valence-corrected chi connectivity index (χ3v) is 5.74. The Balaban J connectivity index is 2.47. The van der Waals surface area contributed by atoms with Crippen LogP contribution in [-0.4, -0.2) is 16.9 Å². The highest BCUT2D eigenvalue weighted by Gasteiger charge is 2.63. The molecule has 102 valence electrons. The molecule has 0 spiro atoms. The highest BCUT2D eigenvalue weighted by molar-refractivity contribution is 5.84. The number of hydrogen-bond donors (Lipinski definition) is 1. The number of fused-ring (bicyclic) bond motifs is 2. The monoisotopic (exact) mass is 252 g/mol. The van der Waals surface area contributed by atoms with Crippen LogP contribution in [0.2, 0.25) is 0 Å². The highest BCUT2D eigenvalue weighted by atomic mass is 16.4. The molecule has 1 N–H and O–H groups in total. The Morgan fingerprint density at radius 3 is 2.39 bits per heavy atom. The first kappa shape index (κ1) is 13.6.